The van der Waals surface area contributed by atoms with Gasteiger partial charge in [0.1, 0.15) is 5.82 Å². The first-order chi connectivity index (χ1) is 10.4. The van der Waals surface area contributed by atoms with Crippen molar-refractivity contribution in [3.8, 4) is 0 Å². The van der Waals surface area contributed by atoms with Crippen LogP contribution in [0.3, 0.4) is 0 Å². The van der Waals surface area contributed by atoms with Crippen LogP contribution < -0.4 is 15.5 Å². The number of thiocarbonyl (C=S) groups is 1. The number of nitrogens with zero attached hydrogens (tertiary/aromatic N) is 3. The summed E-state index contributed by atoms with van der Waals surface area (Å²) < 4.78 is 0. The highest BCUT2D eigenvalue weighted by Crippen LogP contribution is 2.22. The first kappa shape index (κ1) is 16.9. The summed E-state index contributed by atoms with van der Waals surface area (Å²) in [6.45, 7) is 11.6. The molecule has 0 radical (unpaired) electrons. The van der Waals surface area contributed by atoms with E-state index in [9.17, 15) is 0 Å². The van der Waals surface area contributed by atoms with Gasteiger partial charge in [-0.3, -0.25) is 0 Å². The molecule has 0 bridgehead atoms. The van der Waals surface area contributed by atoms with Gasteiger partial charge in [0.05, 0.1) is 0 Å². The molecule has 1 saturated heterocycles. The Morgan fingerprint density at radius 2 is 2.05 bits per heavy atom. The lowest BCUT2D eigenvalue weighted by Crippen LogP contribution is -2.34. The van der Waals surface area contributed by atoms with E-state index in [1.54, 1.807) is 0 Å². The second-order valence-corrected chi connectivity index (χ2v) is 7.00. The van der Waals surface area contributed by atoms with Crippen molar-refractivity contribution in [3.63, 3.8) is 0 Å². The Morgan fingerprint density at radius 1 is 1.36 bits per heavy atom. The fraction of sp³-hybridized carbons (Fsp3) is 0.688. The standard InChI is InChI=1S/C16H27N5S/c1-11(2)10-17-16(22)20-15-18-13(4)9-14(19-15)21-7-5-12(3)6-8-21/h9,11-12H,5-8,10H2,1-4H3,(H2,17,18,19,20,22). The molecule has 1 aromatic heterocycles. The third kappa shape index (κ3) is 5.09. The van der Waals surface area contributed by atoms with Crippen LogP contribution in [0.15, 0.2) is 6.07 Å². The van der Waals surface area contributed by atoms with E-state index in [0.717, 1.165) is 37.1 Å². The highest BCUT2D eigenvalue weighted by Gasteiger charge is 2.18. The summed E-state index contributed by atoms with van der Waals surface area (Å²) in [5, 5.41) is 6.86. The van der Waals surface area contributed by atoms with Gasteiger partial charge >= 0.3 is 0 Å². The quantitative estimate of drug-likeness (QED) is 0.832. The first-order valence-electron chi connectivity index (χ1n) is 8.09. The number of anilines is 2. The summed E-state index contributed by atoms with van der Waals surface area (Å²) in [6, 6.07) is 2.05. The number of piperidine rings is 1. The third-order valence-corrected chi connectivity index (χ3v) is 4.09. The largest absolute Gasteiger partial charge is 0.362 e. The van der Waals surface area contributed by atoms with Crippen LogP contribution in [0.25, 0.3) is 0 Å². The Morgan fingerprint density at radius 3 is 2.68 bits per heavy atom. The smallest absolute Gasteiger partial charge is 0.231 e. The summed E-state index contributed by atoms with van der Waals surface area (Å²) in [6.07, 6.45) is 2.44. The van der Waals surface area contributed by atoms with Gasteiger partial charge in [0.15, 0.2) is 5.11 Å². The highest BCUT2D eigenvalue weighted by atomic mass is 32.1. The minimum Gasteiger partial charge on any atom is -0.362 e. The molecule has 2 N–H and O–H groups in total. The SMILES string of the molecule is Cc1cc(N2CCC(C)CC2)nc(NC(=S)NCC(C)C)n1. The first-order valence-corrected chi connectivity index (χ1v) is 8.50. The summed E-state index contributed by atoms with van der Waals surface area (Å²) in [5.74, 6) is 2.93. The van der Waals surface area contributed by atoms with Gasteiger partial charge in [0.25, 0.3) is 0 Å². The summed E-state index contributed by atoms with van der Waals surface area (Å²) in [4.78, 5) is 11.4. The fourth-order valence-corrected chi connectivity index (χ4v) is 2.62. The number of rotatable bonds is 4. The van der Waals surface area contributed by atoms with Crippen LogP contribution in [0.2, 0.25) is 0 Å². The molecule has 0 aromatic carbocycles. The van der Waals surface area contributed by atoms with Crippen LogP contribution in [0.5, 0.6) is 0 Å². The molecule has 1 aromatic rings. The normalized spacial score (nSPS) is 16.0. The molecule has 1 fully saturated rings. The van der Waals surface area contributed by atoms with E-state index in [-0.39, 0.29) is 0 Å². The maximum Gasteiger partial charge on any atom is 0.231 e. The Balaban J connectivity index is 2.02. The zero-order chi connectivity index (χ0) is 16.1. The van der Waals surface area contributed by atoms with Gasteiger partial charge in [-0.1, -0.05) is 20.8 Å². The molecule has 2 heterocycles. The maximum absolute atomic E-state index is 5.30. The summed E-state index contributed by atoms with van der Waals surface area (Å²) in [5.41, 5.74) is 0.956. The van der Waals surface area contributed by atoms with Crippen molar-refractivity contribution in [3.05, 3.63) is 11.8 Å². The molecule has 0 aliphatic carbocycles. The number of aryl methyl sites for hydroxylation is 1. The van der Waals surface area contributed by atoms with Gasteiger partial charge in [0.2, 0.25) is 5.95 Å². The van der Waals surface area contributed by atoms with E-state index in [2.05, 4.69) is 46.3 Å². The predicted molar refractivity (Wildman–Crippen MR) is 96.4 cm³/mol. The monoisotopic (exact) mass is 321 g/mol. The van der Waals surface area contributed by atoms with Crippen LogP contribution in [-0.4, -0.2) is 34.7 Å². The molecule has 6 heteroatoms. The van der Waals surface area contributed by atoms with Crippen LogP contribution in [0, 0.1) is 18.8 Å². The molecular formula is C16H27N5S. The van der Waals surface area contributed by atoms with Crippen molar-refractivity contribution in [2.45, 2.75) is 40.5 Å². The number of hydrogen-bond acceptors (Lipinski definition) is 4. The van der Waals surface area contributed by atoms with Crippen molar-refractivity contribution < 1.29 is 0 Å². The van der Waals surface area contributed by atoms with Gasteiger partial charge in [-0.2, -0.15) is 4.98 Å². The third-order valence-electron chi connectivity index (χ3n) is 3.84. The van der Waals surface area contributed by atoms with Gasteiger partial charge in [-0.05, 0) is 43.8 Å². The van der Waals surface area contributed by atoms with Gasteiger partial charge < -0.3 is 15.5 Å². The lowest BCUT2D eigenvalue weighted by atomic mass is 9.99. The van der Waals surface area contributed by atoms with E-state index in [0.29, 0.717) is 17.0 Å². The molecule has 0 saturated carbocycles. The molecular weight excluding hydrogens is 294 g/mol. The van der Waals surface area contributed by atoms with Crippen molar-refractivity contribution in [2.24, 2.45) is 11.8 Å². The van der Waals surface area contributed by atoms with Crippen LogP contribution in [-0.2, 0) is 0 Å². The molecule has 122 valence electrons. The van der Waals surface area contributed by atoms with E-state index >= 15 is 0 Å². The van der Waals surface area contributed by atoms with Crippen molar-refractivity contribution in [1.82, 2.24) is 15.3 Å². The zero-order valence-electron chi connectivity index (χ0n) is 14.0. The molecule has 22 heavy (non-hydrogen) atoms. The Bertz CT molecular complexity index is 509. The minimum absolute atomic E-state index is 0.545. The van der Waals surface area contributed by atoms with Gasteiger partial charge in [-0.25, -0.2) is 4.98 Å². The average Bonchev–Trinajstić information content (AvgIpc) is 2.45. The molecule has 0 unspecified atom stereocenters. The fourth-order valence-electron chi connectivity index (χ4n) is 2.45. The number of hydrogen-bond donors (Lipinski definition) is 2. The summed E-state index contributed by atoms with van der Waals surface area (Å²) >= 11 is 5.30. The van der Waals surface area contributed by atoms with Crippen LogP contribution in [0.1, 0.15) is 39.3 Å². The number of aromatic nitrogens is 2. The molecule has 0 atom stereocenters. The topological polar surface area (TPSA) is 53.1 Å². The average molecular weight is 321 g/mol. The predicted octanol–water partition coefficient (Wildman–Crippen LogP) is 2.96. The second kappa shape index (κ2) is 7.72. The Hall–Kier alpha value is -1.43. The molecule has 1 aliphatic rings. The Labute approximate surface area is 138 Å². The molecule has 1 aliphatic heterocycles. The number of nitrogens with one attached hydrogen (secondary N) is 2. The van der Waals surface area contributed by atoms with Crippen LogP contribution >= 0.6 is 12.2 Å². The molecule has 0 spiro atoms. The van der Waals surface area contributed by atoms with E-state index < -0.39 is 0 Å². The van der Waals surface area contributed by atoms with Crippen molar-refractivity contribution in [1.29, 1.82) is 0 Å². The van der Waals surface area contributed by atoms with E-state index in [1.807, 2.05) is 13.0 Å². The highest BCUT2D eigenvalue weighted by molar-refractivity contribution is 7.80. The lowest BCUT2D eigenvalue weighted by molar-refractivity contribution is 0.436. The van der Waals surface area contributed by atoms with Crippen molar-refractivity contribution in [2.75, 3.05) is 29.9 Å². The zero-order valence-corrected chi connectivity index (χ0v) is 14.8. The molecule has 2 rings (SSSR count). The minimum atomic E-state index is 0.545. The molecule has 5 nitrogen and oxygen atoms in total. The lowest BCUT2D eigenvalue weighted by Gasteiger charge is -2.31. The van der Waals surface area contributed by atoms with Crippen LogP contribution in [0.4, 0.5) is 11.8 Å². The van der Waals surface area contributed by atoms with Gasteiger partial charge in [-0.15, -0.1) is 0 Å². The second-order valence-electron chi connectivity index (χ2n) is 6.59. The van der Waals surface area contributed by atoms with E-state index in [1.165, 1.54) is 12.8 Å². The maximum atomic E-state index is 5.30. The Kier molecular flexibility index (Phi) is 5.94. The van der Waals surface area contributed by atoms with Crippen molar-refractivity contribution >= 4 is 29.1 Å². The van der Waals surface area contributed by atoms with Gasteiger partial charge in [0, 0.05) is 31.4 Å². The van der Waals surface area contributed by atoms with E-state index in [4.69, 9.17) is 12.2 Å². The molecule has 0 amide bonds. The summed E-state index contributed by atoms with van der Waals surface area (Å²) in [7, 11) is 0.